The van der Waals surface area contributed by atoms with Gasteiger partial charge in [-0.15, -0.1) is 0 Å². The maximum atomic E-state index is 11.4. The third-order valence-corrected chi connectivity index (χ3v) is 3.08. The molecule has 15 heavy (non-hydrogen) atoms. The number of methoxy groups -OCH3 is 1. The summed E-state index contributed by atoms with van der Waals surface area (Å²) in [4.78, 5) is 10.1. The topological polar surface area (TPSA) is 73.6 Å². The Kier molecular flexibility index (Phi) is 5.91. The first kappa shape index (κ1) is 14.5. The van der Waals surface area contributed by atoms with E-state index in [-0.39, 0.29) is 42.1 Å². The Morgan fingerprint density at radius 1 is 1.47 bits per heavy atom. The van der Waals surface area contributed by atoms with Crippen molar-refractivity contribution in [3.63, 3.8) is 0 Å². The van der Waals surface area contributed by atoms with E-state index in [9.17, 15) is 13.2 Å². The Balaban J connectivity index is 0.00000196. The third-order valence-electron chi connectivity index (χ3n) is 1.54. The molecule has 0 unspecified atom stereocenters. The van der Waals surface area contributed by atoms with E-state index in [4.69, 9.17) is 4.42 Å². The zero-order chi connectivity index (χ0) is 10.6. The van der Waals surface area contributed by atoms with Crippen molar-refractivity contribution in [3.05, 3.63) is 17.9 Å². The van der Waals surface area contributed by atoms with E-state index in [2.05, 4.69) is 4.74 Å². The van der Waals surface area contributed by atoms with Crippen LogP contribution in [0.3, 0.4) is 0 Å². The quantitative estimate of drug-likeness (QED) is 0.398. The molecule has 0 saturated carbocycles. The molecule has 0 aromatic carbocycles. The molecule has 1 aromatic rings. The fourth-order valence-corrected chi connectivity index (χ4v) is 1.92. The van der Waals surface area contributed by atoms with Crippen LogP contribution in [0.1, 0.15) is 5.76 Å². The molecule has 0 atom stereocenters. The third kappa shape index (κ3) is 3.84. The number of hydrogen-bond acceptors (Lipinski definition) is 5. The smallest absolute Gasteiger partial charge is 0.482 e. The largest absolute Gasteiger partial charge is 1.00 e. The molecule has 78 valence electrons. The number of carbonyl (C=O) groups excluding carboxylic acids is 1. The zero-order valence-corrected chi connectivity index (χ0v) is 9.33. The van der Waals surface area contributed by atoms with Gasteiger partial charge in [-0.1, -0.05) is 6.07 Å². The Bertz CT molecular complexity index is 408. The standard InChI is InChI=1S/C8H9O5S.Li/c1-12-4-5-14(10,11)8-3-2-7(6-9)13-8;/h2-3H,4-5H2,1H3;/q-1;+1. The number of ether oxygens (including phenoxy) is 1. The Labute approximate surface area is 99.9 Å². The van der Waals surface area contributed by atoms with Gasteiger partial charge in [-0.05, 0) is 0 Å². The van der Waals surface area contributed by atoms with E-state index < -0.39 is 9.84 Å². The maximum absolute atomic E-state index is 11.4. The number of rotatable bonds is 5. The fraction of sp³-hybridized carbons (Fsp3) is 0.375. The molecular formula is C8H9LiO5S. The van der Waals surface area contributed by atoms with Gasteiger partial charge in [0.1, 0.15) is 0 Å². The van der Waals surface area contributed by atoms with E-state index in [1.54, 1.807) is 0 Å². The van der Waals surface area contributed by atoms with Crippen LogP contribution in [-0.4, -0.2) is 34.2 Å². The predicted octanol–water partition coefficient (Wildman–Crippen LogP) is -2.84. The van der Waals surface area contributed by atoms with Gasteiger partial charge in [-0.25, -0.2) is 8.42 Å². The van der Waals surface area contributed by atoms with Gasteiger partial charge in [0.15, 0.2) is 5.09 Å². The van der Waals surface area contributed by atoms with Gasteiger partial charge >= 0.3 is 18.9 Å². The number of hydrogen-bond donors (Lipinski definition) is 0. The van der Waals surface area contributed by atoms with Crippen molar-refractivity contribution >= 4 is 16.1 Å². The first-order valence-electron chi connectivity index (χ1n) is 3.80. The Morgan fingerprint density at radius 3 is 2.60 bits per heavy atom. The summed E-state index contributed by atoms with van der Waals surface area (Å²) in [6.45, 7) is 0.0865. The summed E-state index contributed by atoms with van der Waals surface area (Å²) in [6.07, 6.45) is 1.46. The maximum Gasteiger partial charge on any atom is 1.00 e. The SMILES string of the molecule is COCCS(=O)(=O)c1ccc([C-]=O)o1.[Li+]. The summed E-state index contributed by atoms with van der Waals surface area (Å²) in [7, 11) is -2.08. The molecule has 0 saturated heterocycles. The molecule has 0 bridgehead atoms. The summed E-state index contributed by atoms with van der Waals surface area (Å²) in [5, 5.41) is -0.229. The van der Waals surface area contributed by atoms with Crippen molar-refractivity contribution in [2.24, 2.45) is 0 Å². The molecule has 1 heterocycles. The minimum absolute atomic E-state index is 0. The van der Waals surface area contributed by atoms with Crippen LogP contribution < -0.4 is 18.9 Å². The van der Waals surface area contributed by atoms with Crippen LogP contribution >= 0.6 is 0 Å². The minimum atomic E-state index is -3.48. The molecule has 0 N–H and O–H groups in total. The Hall–Kier alpha value is -0.543. The van der Waals surface area contributed by atoms with Gasteiger partial charge in [-0.3, -0.25) is 0 Å². The van der Waals surface area contributed by atoms with Crippen LogP contribution in [0.4, 0.5) is 0 Å². The van der Waals surface area contributed by atoms with Crippen LogP contribution in [0.15, 0.2) is 21.6 Å². The molecular weight excluding hydrogens is 215 g/mol. The van der Waals surface area contributed by atoms with Crippen molar-refractivity contribution in [1.29, 1.82) is 0 Å². The van der Waals surface area contributed by atoms with Gasteiger partial charge in [-0.2, -0.15) is 6.07 Å². The molecule has 0 spiro atoms. The van der Waals surface area contributed by atoms with E-state index in [1.807, 2.05) is 0 Å². The molecule has 1 aromatic heterocycles. The van der Waals surface area contributed by atoms with Crippen LogP contribution in [-0.2, 0) is 19.4 Å². The van der Waals surface area contributed by atoms with Crippen LogP contribution in [0.2, 0.25) is 0 Å². The zero-order valence-electron chi connectivity index (χ0n) is 8.52. The Morgan fingerprint density at radius 2 is 2.13 bits per heavy atom. The average Bonchev–Trinajstić information content (AvgIpc) is 2.63. The molecule has 0 amide bonds. The van der Waals surface area contributed by atoms with E-state index >= 15 is 0 Å². The minimum Gasteiger partial charge on any atom is -0.482 e. The number of sulfone groups is 1. The molecule has 0 fully saturated rings. The van der Waals surface area contributed by atoms with Gasteiger partial charge in [0.05, 0.1) is 12.4 Å². The molecule has 1 rings (SSSR count). The van der Waals surface area contributed by atoms with Gasteiger partial charge in [0.2, 0.25) is 9.84 Å². The van der Waals surface area contributed by atoms with Crippen molar-refractivity contribution in [2.75, 3.05) is 19.5 Å². The molecule has 7 heteroatoms. The molecule has 0 aliphatic rings. The van der Waals surface area contributed by atoms with Crippen molar-refractivity contribution in [1.82, 2.24) is 0 Å². The van der Waals surface area contributed by atoms with Gasteiger partial charge < -0.3 is 13.9 Å². The van der Waals surface area contributed by atoms with Crippen LogP contribution in [0.5, 0.6) is 0 Å². The average molecular weight is 224 g/mol. The molecule has 5 nitrogen and oxygen atoms in total. The van der Waals surface area contributed by atoms with E-state index in [1.165, 1.54) is 25.5 Å². The molecule has 0 aliphatic heterocycles. The molecule has 0 radical (unpaired) electrons. The van der Waals surface area contributed by atoms with E-state index in [0.29, 0.717) is 0 Å². The summed E-state index contributed by atoms with van der Waals surface area (Å²) >= 11 is 0. The summed E-state index contributed by atoms with van der Waals surface area (Å²) < 4.78 is 32.2. The second-order valence-electron chi connectivity index (χ2n) is 2.53. The second kappa shape index (κ2) is 6.13. The fourth-order valence-electron chi connectivity index (χ4n) is 0.836. The molecule has 0 aliphatic carbocycles. The first-order valence-corrected chi connectivity index (χ1v) is 5.45. The second-order valence-corrected chi connectivity index (χ2v) is 4.57. The number of furan rings is 1. The summed E-state index contributed by atoms with van der Waals surface area (Å²) in [6, 6.07) is 2.48. The van der Waals surface area contributed by atoms with Gasteiger partial charge in [0.25, 0.3) is 0 Å². The van der Waals surface area contributed by atoms with Gasteiger partial charge in [0, 0.05) is 19.2 Å². The van der Waals surface area contributed by atoms with Crippen LogP contribution in [0, 0.1) is 0 Å². The normalized spacial score (nSPS) is 10.7. The van der Waals surface area contributed by atoms with Crippen LogP contribution in [0.25, 0.3) is 0 Å². The monoisotopic (exact) mass is 224 g/mol. The van der Waals surface area contributed by atoms with Crippen molar-refractivity contribution in [2.45, 2.75) is 5.09 Å². The summed E-state index contributed by atoms with van der Waals surface area (Å²) in [5.74, 6) is -0.295. The predicted molar refractivity (Wildman–Crippen MR) is 47.4 cm³/mol. The van der Waals surface area contributed by atoms with E-state index in [0.717, 1.165) is 0 Å². The summed E-state index contributed by atoms with van der Waals surface area (Å²) in [5.41, 5.74) is 0. The van der Waals surface area contributed by atoms with Crippen molar-refractivity contribution < 1.29 is 41.2 Å². The first-order chi connectivity index (χ1) is 6.60. The van der Waals surface area contributed by atoms with Crippen molar-refractivity contribution in [3.8, 4) is 0 Å².